The van der Waals surface area contributed by atoms with Gasteiger partial charge in [0.2, 0.25) is 0 Å². The smallest absolute Gasteiger partial charge is 0.410 e. The summed E-state index contributed by atoms with van der Waals surface area (Å²) < 4.78 is 11.0. The zero-order chi connectivity index (χ0) is 17.3. The molecule has 6 heteroatoms. The molecule has 3 rings (SSSR count). The van der Waals surface area contributed by atoms with Crippen molar-refractivity contribution < 1.29 is 14.1 Å². The highest BCUT2D eigenvalue weighted by Gasteiger charge is 2.35. The van der Waals surface area contributed by atoms with Crippen LogP contribution in [0.4, 0.5) is 4.79 Å². The first-order valence-corrected chi connectivity index (χ1v) is 8.23. The number of hydrogen-bond acceptors (Lipinski definition) is 5. The van der Waals surface area contributed by atoms with Gasteiger partial charge in [-0.2, -0.15) is 0 Å². The maximum Gasteiger partial charge on any atom is 0.410 e. The summed E-state index contributed by atoms with van der Waals surface area (Å²) in [7, 11) is 0. The molecule has 0 aromatic carbocycles. The first-order chi connectivity index (χ1) is 11.3. The summed E-state index contributed by atoms with van der Waals surface area (Å²) in [5, 5.41) is 4.17. The Hall–Kier alpha value is -2.37. The first kappa shape index (κ1) is 16.5. The van der Waals surface area contributed by atoms with Gasteiger partial charge < -0.3 is 9.26 Å². The lowest BCUT2D eigenvalue weighted by Crippen LogP contribution is -2.36. The molecule has 0 N–H and O–H groups in total. The molecule has 3 heterocycles. The molecule has 2 aromatic heterocycles. The second kappa shape index (κ2) is 6.26. The van der Waals surface area contributed by atoms with Gasteiger partial charge in [0.1, 0.15) is 11.3 Å². The van der Waals surface area contributed by atoms with E-state index in [0.29, 0.717) is 12.3 Å². The van der Waals surface area contributed by atoms with Crippen LogP contribution in [0.25, 0.3) is 11.3 Å². The van der Waals surface area contributed by atoms with Crippen molar-refractivity contribution in [1.29, 1.82) is 0 Å². The summed E-state index contributed by atoms with van der Waals surface area (Å²) in [6.45, 7) is 8.21. The van der Waals surface area contributed by atoms with Gasteiger partial charge in [0.05, 0.1) is 6.04 Å². The highest BCUT2D eigenvalue weighted by Crippen LogP contribution is 2.35. The second-order valence-electron chi connectivity index (χ2n) is 7.08. The number of rotatable bonds is 2. The Morgan fingerprint density at radius 2 is 2.21 bits per heavy atom. The van der Waals surface area contributed by atoms with Crippen molar-refractivity contribution in [2.75, 3.05) is 6.54 Å². The third-order valence-electron chi connectivity index (χ3n) is 4.02. The number of hydrogen-bond donors (Lipinski definition) is 0. The molecule has 0 radical (unpaired) electrons. The number of pyridine rings is 1. The number of nitrogens with zero attached hydrogens (tertiary/aromatic N) is 3. The summed E-state index contributed by atoms with van der Waals surface area (Å²) >= 11 is 0. The number of likely N-dealkylation sites (tertiary alicyclic amines) is 1. The molecule has 0 saturated carbocycles. The Morgan fingerprint density at radius 3 is 2.92 bits per heavy atom. The lowest BCUT2D eigenvalue weighted by molar-refractivity contribution is 0.0204. The van der Waals surface area contributed by atoms with E-state index in [-0.39, 0.29) is 12.1 Å². The minimum atomic E-state index is -0.510. The Balaban J connectivity index is 1.81. The van der Waals surface area contributed by atoms with Crippen LogP contribution in [0.5, 0.6) is 0 Å². The summed E-state index contributed by atoms with van der Waals surface area (Å²) in [6.07, 6.45) is 3.22. The molecule has 24 heavy (non-hydrogen) atoms. The van der Waals surface area contributed by atoms with Crippen LogP contribution in [0.1, 0.15) is 51.1 Å². The molecule has 2 aromatic rings. The Kier molecular flexibility index (Phi) is 4.30. The molecular formula is C18H23N3O3. The molecule has 1 atom stereocenters. The van der Waals surface area contributed by atoms with Gasteiger partial charge in [-0.15, -0.1) is 0 Å². The van der Waals surface area contributed by atoms with Gasteiger partial charge in [-0.1, -0.05) is 5.16 Å². The zero-order valence-electron chi connectivity index (χ0n) is 14.6. The SMILES string of the molecule is Cc1ncccc1-c1cc([C@@H]2CCCN2C(=O)OC(C)(C)C)on1. The minimum absolute atomic E-state index is 0.127. The van der Waals surface area contributed by atoms with Gasteiger partial charge in [-0.05, 0) is 52.7 Å². The highest BCUT2D eigenvalue weighted by molar-refractivity contribution is 5.69. The van der Waals surface area contributed by atoms with Crippen LogP contribution in [0, 0.1) is 6.92 Å². The third kappa shape index (κ3) is 3.42. The summed E-state index contributed by atoms with van der Waals surface area (Å²) in [5.41, 5.74) is 2.07. The molecule has 1 aliphatic heterocycles. The van der Waals surface area contributed by atoms with Crippen LogP contribution < -0.4 is 0 Å². The fraction of sp³-hybridized carbons (Fsp3) is 0.500. The average Bonchev–Trinajstić information content (AvgIpc) is 3.14. The number of carbonyl (C=O) groups is 1. The molecule has 0 bridgehead atoms. The van der Waals surface area contributed by atoms with Gasteiger partial charge in [0, 0.05) is 30.1 Å². The van der Waals surface area contributed by atoms with Crippen LogP contribution in [0.15, 0.2) is 28.9 Å². The standard InChI is InChI=1S/C18H23N3O3/c1-12-13(7-5-9-19-12)14-11-16(24-20-14)15-8-6-10-21(15)17(22)23-18(2,3)4/h5,7,9,11,15H,6,8,10H2,1-4H3/t15-/m0/s1. The molecule has 1 aliphatic rings. The van der Waals surface area contributed by atoms with Crippen LogP contribution in [-0.2, 0) is 4.74 Å². The van der Waals surface area contributed by atoms with Gasteiger partial charge in [-0.25, -0.2) is 4.79 Å². The quantitative estimate of drug-likeness (QED) is 0.829. The molecule has 0 aliphatic carbocycles. The summed E-state index contributed by atoms with van der Waals surface area (Å²) in [5.74, 6) is 0.691. The van der Waals surface area contributed by atoms with Crippen molar-refractivity contribution >= 4 is 6.09 Å². The summed E-state index contributed by atoms with van der Waals surface area (Å²) in [6, 6.07) is 5.61. The molecular weight excluding hydrogens is 306 g/mol. The maximum absolute atomic E-state index is 12.4. The number of amides is 1. The number of carbonyl (C=O) groups excluding carboxylic acids is 1. The van der Waals surface area contributed by atoms with Gasteiger partial charge >= 0.3 is 6.09 Å². The van der Waals surface area contributed by atoms with Crippen LogP contribution in [0.3, 0.4) is 0 Å². The van der Waals surface area contributed by atoms with Crippen molar-refractivity contribution in [2.24, 2.45) is 0 Å². The Morgan fingerprint density at radius 1 is 1.42 bits per heavy atom. The number of aromatic nitrogens is 2. The van der Waals surface area contributed by atoms with E-state index in [2.05, 4.69) is 10.1 Å². The highest BCUT2D eigenvalue weighted by atomic mass is 16.6. The lowest BCUT2D eigenvalue weighted by Gasteiger charge is -2.27. The van der Waals surface area contributed by atoms with Crippen molar-refractivity contribution in [3.63, 3.8) is 0 Å². The maximum atomic E-state index is 12.4. The van der Waals surface area contributed by atoms with Crippen LogP contribution in [0.2, 0.25) is 0 Å². The minimum Gasteiger partial charge on any atom is -0.444 e. The van der Waals surface area contributed by atoms with Crippen molar-refractivity contribution in [1.82, 2.24) is 15.0 Å². The average molecular weight is 329 g/mol. The second-order valence-corrected chi connectivity index (χ2v) is 7.08. The van der Waals surface area contributed by atoms with E-state index in [4.69, 9.17) is 9.26 Å². The van der Waals surface area contributed by atoms with Gasteiger partial charge in [0.15, 0.2) is 5.76 Å². The summed E-state index contributed by atoms with van der Waals surface area (Å²) in [4.78, 5) is 18.4. The predicted octanol–water partition coefficient (Wildman–Crippen LogP) is 4.12. The molecule has 1 saturated heterocycles. The van der Waals surface area contributed by atoms with Crippen molar-refractivity contribution in [2.45, 2.75) is 52.2 Å². The molecule has 6 nitrogen and oxygen atoms in total. The van der Waals surface area contributed by atoms with E-state index < -0.39 is 5.60 Å². The Labute approximate surface area is 141 Å². The van der Waals surface area contributed by atoms with Gasteiger partial charge in [0.25, 0.3) is 0 Å². The number of ether oxygens (including phenoxy) is 1. The van der Waals surface area contributed by atoms with E-state index in [9.17, 15) is 4.79 Å². The van der Waals surface area contributed by atoms with E-state index in [1.165, 1.54) is 0 Å². The fourth-order valence-electron chi connectivity index (χ4n) is 2.93. The Bertz CT molecular complexity index is 733. The van der Waals surface area contributed by atoms with Crippen LogP contribution >= 0.6 is 0 Å². The molecule has 128 valence electrons. The molecule has 1 fully saturated rings. The largest absolute Gasteiger partial charge is 0.444 e. The molecule has 0 spiro atoms. The normalized spacial score (nSPS) is 18.0. The van der Waals surface area contributed by atoms with Crippen molar-refractivity contribution in [3.05, 3.63) is 35.9 Å². The first-order valence-electron chi connectivity index (χ1n) is 8.23. The van der Waals surface area contributed by atoms with Crippen molar-refractivity contribution in [3.8, 4) is 11.3 Å². The third-order valence-corrected chi connectivity index (χ3v) is 4.02. The van der Waals surface area contributed by atoms with Gasteiger partial charge in [-0.3, -0.25) is 9.88 Å². The van der Waals surface area contributed by atoms with E-state index in [0.717, 1.165) is 29.8 Å². The van der Waals surface area contributed by atoms with Crippen LogP contribution in [-0.4, -0.2) is 33.3 Å². The number of aryl methyl sites for hydroxylation is 1. The lowest BCUT2D eigenvalue weighted by atomic mass is 10.1. The molecule has 0 unspecified atom stereocenters. The predicted molar refractivity (Wildman–Crippen MR) is 89.4 cm³/mol. The van der Waals surface area contributed by atoms with E-state index >= 15 is 0 Å². The molecule has 1 amide bonds. The zero-order valence-corrected chi connectivity index (χ0v) is 14.6. The topological polar surface area (TPSA) is 68.5 Å². The monoisotopic (exact) mass is 329 g/mol. The van der Waals surface area contributed by atoms with E-state index in [1.807, 2.05) is 45.9 Å². The van der Waals surface area contributed by atoms with E-state index in [1.54, 1.807) is 11.1 Å². The fourth-order valence-corrected chi connectivity index (χ4v) is 2.93.